The molecule has 26 heavy (non-hydrogen) atoms. The van der Waals surface area contributed by atoms with Gasteiger partial charge in [-0.2, -0.15) is 0 Å². The molecule has 2 aromatic carbocycles. The van der Waals surface area contributed by atoms with Gasteiger partial charge in [0, 0.05) is 10.7 Å². The van der Waals surface area contributed by atoms with E-state index < -0.39 is 5.54 Å². The first-order chi connectivity index (χ1) is 12.4. The van der Waals surface area contributed by atoms with Crippen molar-refractivity contribution in [3.63, 3.8) is 0 Å². The summed E-state index contributed by atoms with van der Waals surface area (Å²) in [5.74, 6) is 0.818. The van der Waals surface area contributed by atoms with Crippen LogP contribution in [-0.2, 0) is 5.54 Å². The Labute approximate surface area is 164 Å². The summed E-state index contributed by atoms with van der Waals surface area (Å²) < 4.78 is 0.983. The largest absolute Gasteiger partial charge is 0.261 e. The highest BCUT2D eigenvalue weighted by Crippen LogP contribution is 2.39. The molecule has 1 fully saturated rings. The van der Waals surface area contributed by atoms with Crippen LogP contribution in [0.2, 0.25) is 0 Å². The molecule has 0 N–H and O–H groups in total. The second-order valence-corrected chi connectivity index (χ2v) is 8.55. The number of nitrogens with zero attached hydrogens (tertiary/aromatic N) is 2. The first-order valence-corrected chi connectivity index (χ1v) is 9.99. The van der Waals surface area contributed by atoms with E-state index in [4.69, 9.17) is 4.99 Å². The summed E-state index contributed by atoms with van der Waals surface area (Å²) >= 11 is 3.56. The molecule has 0 atom stereocenters. The lowest BCUT2D eigenvalue weighted by Gasteiger charge is -2.23. The molecule has 0 heterocycles. The number of hydrogen-bond donors (Lipinski definition) is 0. The second kappa shape index (κ2) is 7.83. The Morgan fingerprint density at radius 2 is 1.96 bits per heavy atom. The van der Waals surface area contributed by atoms with Crippen LogP contribution in [0.15, 0.2) is 51.0 Å². The Hall–Kier alpha value is -1.81. The molecule has 4 heteroatoms. The average Bonchev–Trinajstić information content (AvgIpc) is 2.58. The van der Waals surface area contributed by atoms with Crippen LogP contribution >= 0.6 is 15.9 Å². The minimum absolute atomic E-state index is 0.786. The quantitative estimate of drug-likeness (QED) is 0.361. The molecule has 136 valence electrons. The molecule has 0 saturated heterocycles. The Kier molecular flexibility index (Phi) is 5.71. The normalized spacial score (nSPS) is 15.2. The van der Waals surface area contributed by atoms with E-state index in [9.17, 15) is 4.91 Å². The molecule has 0 unspecified atom stereocenters. The fourth-order valence-corrected chi connectivity index (χ4v) is 3.77. The summed E-state index contributed by atoms with van der Waals surface area (Å²) in [5, 5.41) is 3.35. The van der Waals surface area contributed by atoms with Crippen LogP contribution in [-0.4, -0.2) is 6.21 Å². The van der Waals surface area contributed by atoms with Gasteiger partial charge in [-0.3, -0.25) is 4.99 Å². The zero-order valence-corrected chi connectivity index (χ0v) is 17.2. The maximum Gasteiger partial charge on any atom is 0.122 e. The van der Waals surface area contributed by atoms with Gasteiger partial charge in [-0.15, -0.1) is 4.91 Å². The molecule has 0 aliphatic heterocycles. The average molecular weight is 413 g/mol. The summed E-state index contributed by atoms with van der Waals surface area (Å²) in [7, 11) is 0. The molecule has 3 rings (SSSR count). The molecule has 0 amide bonds. The van der Waals surface area contributed by atoms with E-state index in [2.05, 4.69) is 52.4 Å². The number of hydrogen-bond acceptors (Lipinski definition) is 3. The van der Waals surface area contributed by atoms with E-state index in [0.29, 0.717) is 0 Å². The molecule has 0 radical (unpaired) electrons. The van der Waals surface area contributed by atoms with Crippen LogP contribution in [0.1, 0.15) is 50.7 Å². The Bertz CT molecular complexity index is 838. The van der Waals surface area contributed by atoms with E-state index in [1.165, 1.54) is 19.3 Å². The highest BCUT2D eigenvalue weighted by Gasteiger charge is 2.26. The summed E-state index contributed by atoms with van der Waals surface area (Å²) in [5.41, 5.74) is 4.37. The molecule has 1 saturated carbocycles. The highest BCUT2D eigenvalue weighted by atomic mass is 79.9. The molecule has 1 aliphatic carbocycles. The van der Waals surface area contributed by atoms with Crippen molar-refractivity contribution < 1.29 is 0 Å². The van der Waals surface area contributed by atoms with Gasteiger partial charge in [0.25, 0.3) is 0 Å². The molecule has 0 bridgehead atoms. The summed E-state index contributed by atoms with van der Waals surface area (Å²) in [4.78, 5) is 16.1. The molecular formula is C22H25BrN2O. The number of benzene rings is 2. The molecule has 1 aliphatic rings. The van der Waals surface area contributed by atoms with Crippen molar-refractivity contribution in [1.82, 2.24) is 0 Å². The summed E-state index contributed by atoms with van der Waals surface area (Å²) in [6.07, 6.45) is 7.16. The first kappa shape index (κ1) is 19.0. The smallest absolute Gasteiger partial charge is 0.122 e. The van der Waals surface area contributed by atoms with Crippen molar-refractivity contribution in [3.05, 3.63) is 56.9 Å². The van der Waals surface area contributed by atoms with Gasteiger partial charge in [0.15, 0.2) is 0 Å². The SMILES string of the molecule is Cc1c(N=CCC2CCC2)cccc1-c1cc(Br)ccc1C(C)(C)N=O. The minimum atomic E-state index is -0.786. The third-order valence-electron chi connectivity index (χ3n) is 5.36. The Morgan fingerprint density at radius 1 is 1.19 bits per heavy atom. The molecule has 0 spiro atoms. The van der Waals surface area contributed by atoms with Crippen molar-refractivity contribution in [2.24, 2.45) is 16.1 Å². The standard InChI is InChI=1S/C22H25BrN2O/c1-15-18(8-5-9-21(15)24-13-12-16-6-4-7-16)19-14-17(23)10-11-20(19)22(2,3)25-26/h5,8-11,13-14,16H,4,6-7,12H2,1-3H3. The lowest BCUT2D eigenvalue weighted by Crippen LogP contribution is -2.14. The third kappa shape index (κ3) is 3.96. The number of rotatable bonds is 6. The van der Waals surface area contributed by atoms with Gasteiger partial charge in [0.2, 0.25) is 0 Å². The van der Waals surface area contributed by atoms with Crippen molar-refractivity contribution in [3.8, 4) is 11.1 Å². The second-order valence-electron chi connectivity index (χ2n) is 7.63. The van der Waals surface area contributed by atoms with Gasteiger partial charge in [-0.25, -0.2) is 0 Å². The monoisotopic (exact) mass is 412 g/mol. The van der Waals surface area contributed by atoms with E-state index in [1.54, 1.807) is 0 Å². The lowest BCUT2D eigenvalue weighted by atomic mass is 9.83. The number of aliphatic imine (C=N–C) groups is 1. The number of nitroso groups, excluding NO2 is 1. The molecule has 3 nitrogen and oxygen atoms in total. The van der Waals surface area contributed by atoms with E-state index in [-0.39, 0.29) is 0 Å². The topological polar surface area (TPSA) is 41.8 Å². The predicted molar refractivity (Wildman–Crippen MR) is 113 cm³/mol. The van der Waals surface area contributed by atoms with Gasteiger partial charge in [0.05, 0.1) is 5.69 Å². The van der Waals surface area contributed by atoms with Gasteiger partial charge < -0.3 is 0 Å². The molecule has 0 aromatic heterocycles. The summed E-state index contributed by atoms with van der Waals surface area (Å²) in [6, 6.07) is 12.2. The Balaban J connectivity index is 2.00. The first-order valence-electron chi connectivity index (χ1n) is 9.19. The zero-order chi connectivity index (χ0) is 18.7. The fraction of sp³-hybridized carbons (Fsp3) is 0.409. The lowest BCUT2D eigenvalue weighted by molar-refractivity contribution is 0.329. The molecule has 2 aromatic rings. The van der Waals surface area contributed by atoms with Crippen LogP contribution in [0.5, 0.6) is 0 Å². The highest BCUT2D eigenvalue weighted by molar-refractivity contribution is 9.10. The van der Waals surface area contributed by atoms with Gasteiger partial charge in [0.1, 0.15) is 5.54 Å². The van der Waals surface area contributed by atoms with Crippen molar-refractivity contribution in [2.75, 3.05) is 0 Å². The van der Waals surface area contributed by atoms with E-state index >= 15 is 0 Å². The van der Waals surface area contributed by atoms with Crippen molar-refractivity contribution in [1.29, 1.82) is 0 Å². The maximum atomic E-state index is 11.4. The van der Waals surface area contributed by atoms with Crippen LogP contribution in [0, 0.1) is 17.7 Å². The van der Waals surface area contributed by atoms with Crippen molar-refractivity contribution >= 4 is 27.8 Å². The van der Waals surface area contributed by atoms with Crippen LogP contribution in [0.4, 0.5) is 5.69 Å². The molecular weight excluding hydrogens is 388 g/mol. The van der Waals surface area contributed by atoms with Crippen LogP contribution in [0.25, 0.3) is 11.1 Å². The van der Waals surface area contributed by atoms with E-state index in [1.807, 2.05) is 32.0 Å². The van der Waals surface area contributed by atoms with Crippen molar-refractivity contribution in [2.45, 2.75) is 52.0 Å². The fourth-order valence-electron chi connectivity index (χ4n) is 3.41. The van der Waals surface area contributed by atoms with Gasteiger partial charge in [-0.1, -0.05) is 58.6 Å². The third-order valence-corrected chi connectivity index (χ3v) is 5.85. The Morgan fingerprint density at radius 3 is 2.62 bits per heavy atom. The minimum Gasteiger partial charge on any atom is -0.261 e. The predicted octanol–water partition coefficient (Wildman–Crippen LogP) is 7.32. The van der Waals surface area contributed by atoms with Gasteiger partial charge in [-0.05, 0) is 73.6 Å². The zero-order valence-electron chi connectivity index (χ0n) is 15.6. The van der Waals surface area contributed by atoms with Gasteiger partial charge >= 0.3 is 0 Å². The maximum absolute atomic E-state index is 11.4. The van der Waals surface area contributed by atoms with Crippen LogP contribution in [0.3, 0.4) is 0 Å². The van der Waals surface area contributed by atoms with E-state index in [0.717, 1.165) is 44.8 Å². The summed E-state index contributed by atoms with van der Waals surface area (Å²) in [6.45, 7) is 5.79. The number of halogens is 1. The van der Waals surface area contributed by atoms with Crippen LogP contribution < -0.4 is 0 Å².